The van der Waals surface area contributed by atoms with Crippen LogP contribution in [0.1, 0.15) is 29.5 Å². The molecule has 1 aliphatic rings. The largest absolute Gasteiger partial charge is 0.504 e. The van der Waals surface area contributed by atoms with Crippen LogP contribution in [0, 0.1) is 6.92 Å². The summed E-state index contributed by atoms with van der Waals surface area (Å²) >= 11 is 6.45. The Hall–Kier alpha value is -3.05. The molecule has 5 nitrogen and oxygen atoms in total. The molecule has 4 rings (SSSR count). The number of nitrogens with one attached hydrogen (secondary N) is 1. The van der Waals surface area contributed by atoms with Gasteiger partial charge in [0.15, 0.2) is 5.76 Å². The molecule has 3 aromatic rings. The number of aryl methyl sites for hydroxylation is 2. The summed E-state index contributed by atoms with van der Waals surface area (Å²) in [6.45, 7) is 3.84. The van der Waals surface area contributed by atoms with Gasteiger partial charge < -0.3 is 14.9 Å². The number of aromatic nitrogens is 1. The topological polar surface area (TPSA) is 75.4 Å². The van der Waals surface area contributed by atoms with Crippen LogP contribution in [-0.4, -0.2) is 16.2 Å². The second kappa shape index (κ2) is 6.59. The summed E-state index contributed by atoms with van der Waals surface area (Å²) in [6.07, 6.45) is 0.952. The van der Waals surface area contributed by atoms with Crippen molar-refractivity contribution in [1.29, 1.82) is 0 Å². The van der Waals surface area contributed by atoms with Gasteiger partial charge in [0.05, 0.1) is 22.0 Å². The van der Waals surface area contributed by atoms with Gasteiger partial charge in [-0.25, -0.2) is 0 Å². The molecule has 2 heterocycles. The highest BCUT2D eigenvalue weighted by molar-refractivity contribution is 6.38. The number of benzene rings is 2. The number of carbonyl (C=O) groups is 1. The molecule has 1 aromatic heterocycles. The second-order valence-electron chi connectivity index (χ2n) is 6.44. The third-order valence-corrected chi connectivity index (χ3v) is 4.94. The predicted molar refractivity (Wildman–Crippen MR) is 106 cm³/mol. The van der Waals surface area contributed by atoms with E-state index in [9.17, 15) is 9.90 Å². The van der Waals surface area contributed by atoms with E-state index < -0.39 is 5.91 Å². The Morgan fingerprint density at radius 1 is 1.19 bits per heavy atom. The van der Waals surface area contributed by atoms with E-state index in [1.165, 1.54) is 5.56 Å². The standard InChI is InChI=1S/C21H17ClN2O3/c1-3-12-4-6-13(7-5-12)14-9-15-17(10-16(14)22)23-21(26)19(15)20(25)18-8-11(2)24-27-18/h4-10,25H,3H2,1-2H3,(H,23,26). The summed E-state index contributed by atoms with van der Waals surface area (Å²) in [6, 6.07) is 13.2. The average molecular weight is 381 g/mol. The number of hydrogen-bond donors (Lipinski definition) is 2. The fourth-order valence-corrected chi connectivity index (χ4v) is 3.44. The molecular weight excluding hydrogens is 364 g/mol. The second-order valence-corrected chi connectivity index (χ2v) is 6.85. The Balaban J connectivity index is 1.86. The molecule has 2 aromatic carbocycles. The van der Waals surface area contributed by atoms with Crippen molar-refractivity contribution in [1.82, 2.24) is 5.16 Å². The van der Waals surface area contributed by atoms with Crippen molar-refractivity contribution in [2.75, 3.05) is 5.32 Å². The maximum absolute atomic E-state index is 12.5. The zero-order chi connectivity index (χ0) is 19.1. The van der Waals surface area contributed by atoms with Crippen LogP contribution in [-0.2, 0) is 11.2 Å². The van der Waals surface area contributed by atoms with Gasteiger partial charge in [-0.3, -0.25) is 4.79 Å². The molecule has 0 spiro atoms. The van der Waals surface area contributed by atoms with Crippen LogP contribution in [0.5, 0.6) is 0 Å². The highest BCUT2D eigenvalue weighted by Crippen LogP contribution is 2.42. The normalized spacial score (nSPS) is 14.9. The summed E-state index contributed by atoms with van der Waals surface area (Å²) in [5, 5.41) is 17.6. The summed E-state index contributed by atoms with van der Waals surface area (Å²) in [4.78, 5) is 12.5. The zero-order valence-corrected chi connectivity index (χ0v) is 15.6. The molecule has 0 unspecified atom stereocenters. The molecule has 1 aliphatic heterocycles. The Bertz CT molecular complexity index is 1080. The quantitative estimate of drug-likeness (QED) is 0.481. The predicted octanol–water partition coefficient (Wildman–Crippen LogP) is 5.24. The number of aliphatic hydroxyl groups is 1. The van der Waals surface area contributed by atoms with Crippen molar-refractivity contribution in [3.8, 4) is 11.1 Å². The van der Waals surface area contributed by atoms with Crippen LogP contribution < -0.4 is 5.32 Å². The van der Waals surface area contributed by atoms with E-state index in [-0.39, 0.29) is 17.1 Å². The van der Waals surface area contributed by atoms with Crippen molar-refractivity contribution in [3.63, 3.8) is 0 Å². The molecule has 0 radical (unpaired) electrons. The van der Waals surface area contributed by atoms with Gasteiger partial charge in [-0.05, 0) is 36.6 Å². The van der Waals surface area contributed by atoms with Crippen molar-refractivity contribution in [2.45, 2.75) is 20.3 Å². The Morgan fingerprint density at radius 2 is 1.93 bits per heavy atom. The maximum Gasteiger partial charge on any atom is 0.260 e. The van der Waals surface area contributed by atoms with Crippen LogP contribution in [0.4, 0.5) is 5.69 Å². The monoisotopic (exact) mass is 380 g/mol. The van der Waals surface area contributed by atoms with Crippen LogP contribution in [0.2, 0.25) is 5.02 Å². The molecule has 27 heavy (non-hydrogen) atoms. The minimum absolute atomic E-state index is 0.143. The molecule has 0 bridgehead atoms. The fraction of sp³-hybridized carbons (Fsp3) is 0.143. The summed E-state index contributed by atoms with van der Waals surface area (Å²) < 4.78 is 5.10. The minimum atomic E-state index is -0.411. The number of aliphatic hydroxyl groups excluding tert-OH is 1. The Kier molecular flexibility index (Phi) is 4.24. The lowest BCUT2D eigenvalue weighted by molar-refractivity contribution is -0.110. The number of hydrogen-bond acceptors (Lipinski definition) is 4. The SMILES string of the molecule is CCc1ccc(-c2cc3c(cc2Cl)NC(=O)C3=C(O)c2cc(C)no2)cc1. The molecule has 2 N–H and O–H groups in total. The number of halogens is 1. The average Bonchev–Trinajstić information content (AvgIpc) is 3.23. The van der Waals surface area contributed by atoms with Crippen molar-refractivity contribution in [3.05, 3.63) is 70.1 Å². The fourth-order valence-electron chi connectivity index (χ4n) is 3.17. The number of carbonyl (C=O) groups excluding carboxylic acids is 1. The molecule has 0 fully saturated rings. The number of fused-ring (bicyclic) bond motifs is 1. The van der Waals surface area contributed by atoms with Gasteiger partial charge in [0, 0.05) is 17.2 Å². The third-order valence-electron chi connectivity index (χ3n) is 4.62. The van der Waals surface area contributed by atoms with Crippen LogP contribution in [0.15, 0.2) is 47.0 Å². The maximum atomic E-state index is 12.5. The van der Waals surface area contributed by atoms with Crippen LogP contribution in [0.3, 0.4) is 0 Å². The van der Waals surface area contributed by atoms with Crippen molar-refractivity contribution >= 4 is 34.5 Å². The summed E-state index contributed by atoms with van der Waals surface area (Å²) in [5.74, 6) is -0.512. The Labute approximate surface area is 161 Å². The van der Waals surface area contributed by atoms with E-state index in [1.54, 1.807) is 19.1 Å². The third kappa shape index (κ3) is 3.00. The van der Waals surface area contributed by atoms with Gasteiger partial charge >= 0.3 is 0 Å². The molecule has 1 amide bonds. The van der Waals surface area contributed by atoms with E-state index in [4.69, 9.17) is 16.1 Å². The van der Waals surface area contributed by atoms with E-state index >= 15 is 0 Å². The molecule has 0 saturated carbocycles. The molecule has 136 valence electrons. The zero-order valence-electron chi connectivity index (χ0n) is 14.8. The van der Waals surface area contributed by atoms with Crippen molar-refractivity contribution in [2.24, 2.45) is 0 Å². The van der Waals surface area contributed by atoms with Gasteiger partial charge in [-0.15, -0.1) is 0 Å². The first-order valence-electron chi connectivity index (χ1n) is 8.59. The molecule has 0 aliphatic carbocycles. The summed E-state index contributed by atoms with van der Waals surface area (Å²) in [5.41, 5.74) is 4.84. The van der Waals surface area contributed by atoms with E-state index in [2.05, 4.69) is 17.4 Å². The molecular formula is C21H17ClN2O3. The number of nitrogens with zero attached hydrogens (tertiary/aromatic N) is 1. The molecule has 0 saturated heterocycles. The Morgan fingerprint density at radius 3 is 2.56 bits per heavy atom. The lowest BCUT2D eigenvalue weighted by atomic mass is 9.97. The smallest absolute Gasteiger partial charge is 0.260 e. The van der Waals surface area contributed by atoms with E-state index in [0.29, 0.717) is 22.0 Å². The van der Waals surface area contributed by atoms with Gasteiger partial charge in [0.2, 0.25) is 5.76 Å². The first kappa shape index (κ1) is 17.4. The molecule has 0 atom stereocenters. The van der Waals surface area contributed by atoms with Crippen molar-refractivity contribution < 1.29 is 14.4 Å². The van der Waals surface area contributed by atoms with Crippen LogP contribution in [0.25, 0.3) is 22.5 Å². The highest BCUT2D eigenvalue weighted by Gasteiger charge is 2.31. The van der Waals surface area contributed by atoms with Gasteiger partial charge in [-0.2, -0.15) is 0 Å². The van der Waals surface area contributed by atoms with Gasteiger partial charge in [0.1, 0.15) is 0 Å². The minimum Gasteiger partial charge on any atom is -0.504 e. The van der Waals surface area contributed by atoms with Gasteiger partial charge in [-0.1, -0.05) is 47.9 Å². The highest BCUT2D eigenvalue weighted by atomic mass is 35.5. The first-order valence-corrected chi connectivity index (χ1v) is 8.97. The van der Waals surface area contributed by atoms with E-state index in [0.717, 1.165) is 17.5 Å². The van der Waals surface area contributed by atoms with Crippen LogP contribution >= 0.6 is 11.6 Å². The van der Waals surface area contributed by atoms with Gasteiger partial charge in [0.25, 0.3) is 5.91 Å². The molecule has 6 heteroatoms. The number of rotatable bonds is 3. The number of anilines is 1. The lowest BCUT2D eigenvalue weighted by Crippen LogP contribution is -2.05. The summed E-state index contributed by atoms with van der Waals surface area (Å²) in [7, 11) is 0. The first-order chi connectivity index (χ1) is 13.0. The number of amides is 1. The van der Waals surface area contributed by atoms with E-state index in [1.807, 2.05) is 30.3 Å². The lowest BCUT2D eigenvalue weighted by Gasteiger charge is -2.09.